The Morgan fingerprint density at radius 2 is 1.92 bits per heavy atom. The number of benzene rings is 2. The molecule has 0 aromatic heterocycles. The molecule has 2 atom stereocenters. The van der Waals surface area contributed by atoms with E-state index in [1.165, 1.54) is 0 Å². The lowest BCUT2D eigenvalue weighted by Crippen LogP contribution is -2.30. The molecule has 0 aliphatic heterocycles. The van der Waals surface area contributed by atoms with E-state index in [1.54, 1.807) is 18.2 Å². The standard InChI is InChI=1S/C19H24N2O4/c1-13-7-8-15(20)11-16(13)18(23)17(22)9-10-21-19(24)25-12-14-5-3-2-4-6-14/h2-8,11,17-18,22-23H,9-10,12,20H2,1H3,(H,21,24). The number of aliphatic hydroxyl groups excluding tert-OH is 2. The van der Waals surface area contributed by atoms with Crippen LogP contribution in [0.4, 0.5) is 10.5 Å². The Kier molecular flexibility index (Phi) is 6.80. The molecule has 0 aliphatic carbocycles. The lowest BCUT2D eigenvalue weighted by molar-refractivity contribution is 0.0133. The summed E-state index contributed by atoms with van der Waals surface area (Å²) in [6.07, 6.45) is -2.46. The van der Waals surface area contributed by atoms with Gasteiger partial charge in [0, 0.05) is 12.2 Å². The molecule has 25 heavy (non-hydrogen) atoms. The van der Waals surface area contributed by atoms with Gasteiger partial charge in [0.25, 0.3) is 0 Å². The van der Waals surface area contributed by atoms with Crippen molar-refractivity contribution in [1.82, 2.24) is 5.32 Å². The second kappa shape index (κ2) is 9.05. The van der Waals surface area contributed by atoms with Crippen molar-refractivity contribution in [1.29, 1.82) is 0 Å². The highest BCUT2D eigenvalue weighted by Gasteiger charge is 2.20. The van der Waals surface area contributed by atoms with Crippen LogP contribution >= 0.6 is 0 Å². The molecule has 2 aromatic rings. The summed E-state index contributed by atoms with van der Waals surface area (Å²) in [5, 5.41) is 22.9. The lowest BCUT2D eigenvalue weighted by atomic mass is 9.97. The van der Waals surface area contributed by atoms with Crippen molar-refractivity contribution in [3.63, 3.8) is 0 Å². The number of alkyl carbamates (subject to hydrolysis) is 1. The van der Waals surface area contributed by atoms with Gasteiger partial charge in [-0.25, -0.2) is 4.79 Å². The number of nitrogens with two attached hydrogens (primary N) is 1. The minimum atomic E-state index is -1.06. The lowest BCUT2D eigenvalue weighted by Gasteiger charge is -2.20. The quantitative estimate of drug-likeness (QED) is 0.577. The van der Waals surface area contributed by atoms with E-state index in [4.69, 9.17) is 10.5 Å². The number of carbonyl (C=O) groups excluding carboxylic acids is 1. The van der Waals surface area contributed by atoms with E-state index in [9.17, 15) is 15.0 Å². The van der Waals surface area contributed by atoms with Gasteiger partial charge in [-0.15, -0.1) is 0 Å². The second-order valence-corrected chi connectivity index (χ2v) is 5.91. The number of hydrogen-bond donors (Lipinski definition) is 4. The van der Waals surface area contributed by atoms with Gasteiger partial charge in [0.1, 0.15) is 12.7 Å². The molecule has 134 valence electrons. The first-order valence-corrected chi connectivity index (χ1v) is 8.14. The molecule has 2 unspecified atom stereocenters. The Labute approximate surface area is 147 Å². The monoisotopic (exact) mass is 344 g/mol. The number of nitrogen functional groups attached to an aromatic ring is 1. The molecule has 0 radical (unpaired) electrons. The first-order valence-electron chi connectivity index (χ1n) is 8.14. The van der Waals surface area contributed by atoms with E-state index in [1.807, 2.05) is 37.3 Å². The van der Waals surface area contributed by atoms with E-state index in [0.29, 0.717) is 11.3 Å². The minimum absolute atomic E-state index is 0.181. The van der Waals surface area contributed by atoms with E-state index in [0.717, 1.165) is 11.1 Å². The number of hydrogen-bond acceptors (Lipinski definition) is 5. The third-order valence-corrected chi connectivity index (χ3v) is 3.91. The van der Waals surface area contributed by atoms with Crippen molar-refractivity contribution in [2.45, 2.75) is 32.2 Å². The van der Waals surface area contributed by atoms with Crippen LogP contribution in [0.15, 0.2) is 48.5 Å². The van der Waals surface area contributed by atoms with Crippen LogP contribution in [0.3, 0.4) is 0 Å². The summed E-state index contributed by atoms with van der Waals surface area (Å²) in [5.41, 5.74) is 8.56. The normalized spacial score (nSPS) is 13.1. The molecule has 5 N–H and O–H groups in total. The molecule has 0 saturated carbocycles. The Morgan fingerprint density at radius 1 is 1.20 bits per heavy atom. The topological polar surface area (TPSA) is 105 Å². The van der Waals surface area contributed by atoms with Crippen LogP contribution < -0.4 is 11.1 Å². The molecule has 0 aliphatic rings. The molecule has 2 rings (SSSR count). The first kappa shape index (κ1) is 18.8. The van der Waals surface area contributed by atoms with Gasteiger partial charge in [-0.05, 0) is 42.2 Å². The highest BCUT2D eigenvalue weighted by molar-refractivity contribution is 5.67. The number of nitrogens with one attached hydrogen (secondary N) is 1. The molecule has 0 fully saturated rings. The highest BCUT2D eigenvalue weighted by atomic mass is 16.5. The van der Waals surface area contributed by atoms with Gasteiger partial charge in [-0.2, -0.15) is 0 Å². The van der Waals surface area contributed by atoms with E-state index in [-0.39, 0.29) is 19.6 Å². The molecule has 2 aromatic carbocycles. The zero-order valence-electron chi connectivity index (χ0n) is 14.2. The predicted molar refractivity (Wildman–Crippen MR) is 95.8 cm³/mol. The Bertz CT molecular complexity index is 691. The fraction of sp³-hybridized carbons (Fsp3) is 0.316. The van der Waals surface area contributed by atoms with Gasteiger partial charge in [0.15, 0.2) is 0 Å². The summed E-state index contributed by atoms with van der Waals surface area (Å²) in [5.74, 6) is 0. The number of carbonyl (C=O) groups is 1. The number of ether oxygens (including phenoxy) is 1. The van der Waals surface area contributed by atoms with Crippen molar-refractivity contribution < 1.29 is 19.7 Å². The molecule has 0 heterocycles. The van der Waals surface area contributed by atoms with Gasteiger partial charge in [-0.1, -0.05) is 36.4 Å². The van der Waals surface area contributed by atoms with Crippen molar-refractivity contribution >= 4 is 11.8 Å². The molecular formula is C19H24N2O4. The summed E-state index contributed by atoms with van der Waals surface area (Å²) < 4.78 is 5.08. The van der Waals surface area contributed by atoms with Crippen LogP contribution in [-0.4, -0.2) is 29.0 Å². The third kappa shape index (κ3) is 5.77. The third-order valence-electron chi connectivity index (χ3n) is 3.91. The maximum atomic E-state index is 11.6. The van der Waals surface area contributed by atoms with Crippen molar-refractivity contribution in [2.24, 2.45) is 0 Å². The fourth-order valence-corrected chi connectivity index (χ4v) is 2.44. The summed E-state index contributed by atoms with van der Waals surface area (Å²) in [6.45, 7) is 2.21. The zero-order valence-corrected chi connectivity index (χ0v) is 14.2. The van der Waals surface area contributed by atoms with E-state index in [2.05, 4.69) is 5.32 Å². The Morgan fingerprint density at radius 3 is 2.64 bits per heavy atom. The SMILES string of the molecule is Cc1ccc(N)cc1C(O)C(O)CCNC(=O)OCc1ccccc1. The van der Waals surface area contributed by atoms with Crippen LogP contribution in [-0.2, 0) is 11.3 Å². The summed E-state index contributed by atoms with van der Waals surface area (Å²) >= 11 is 0. The van der Waals surface area contributed by atoms with Crippen molar-refractivity contribution in [3.8, 4) is 0 Å². The molecule has 1 amide bonds. The average molecular weight is 344 g/mol. The number of aliphatic hydroxyl groups is 2. The van der Waals surface area contributed by atoms with Crippen molar-refractivity contribution in [2.75, 3.05) is 12.3 Å². The van der Waals surface area contributed by atoms with E-state index >= 15 is 0 Å². The van der Waals surface area contributed by atoms with Crippen molar-refractivity contribution in [3.05, 3.63) is 65.2 Å². The van der Waals surface area contributed by atoms with E-state index < -0.39 is 18.3 Å². The molecule has 0 saturated heterocycles. The van der Waals surface area contributed by atoms with Crippen LogP contribution in [0.5, 0.6) is 0 Å². The molecule has 0 bridgehead atoms. The fourth-order valence-electron chi connectivity index (χ4n) is 2.44. The molecule has 0 spiro atoms. The van der Waals surface area contributed by atoms with Crippen LogP contribution in [0.25, 0.3) is 0 Å². The Balaban J connectivity index is 1.75. The largest absolute Gasteiger partial charge is 0.445 e. The summed E-state index contributed by atoms with van der Waals surface area (Å²) in [7, 11) is 0. The molecule has 6 nitrogen and oxygen atoms in total. The van der Waals surface area contributed by atoms with Gasteiger partial charge in [-0.3, -0.25) is 0 Å². The van der Waals surface area contributed by atoms with Crippen LogP contribution in [0.1, 0.15) is 29.2 Å². The summed E-state index contributed by atoms with van der Waals surface area (Å²) in [4.78, 5) is 11.6. The first-order chi connectivity index (χ1) is 12.0. The van der Waals surface area contributed by atoms with Gasteiger partial charge in [0.2, 0.25) is 0 Å². The highest BCUT2D eigenvalue weighted by Crippen LogP contribution is 2.24. The van der Waals surface area contributed by atoms with Gasteiger partial charge < -0.3 is 26.0 Å². The minimum Gasteiger partial charge on any atom is -0.445 e. The van der Waals surface area contributed by atoms with Gasteiger partial charge in [0.05, 0.1) is 6.10 Å². The Hall–Kier alpha value is -2.57. The number of rotatable bonds is 7. The number of aryl methyl sites for hydroxylation is 1. The smallest absolute Gasteiger partial charge is 0.407 e. The summed E-state index contributed by atoms with van der Waals surface area (Å²) in [6, 6.07) is 14.5. The average Bonchev–Trinajstić information content (AvgIpc) is 2.62. The van der Waals surface area contributed by atoms with Gasteiger partial charge >= 0.3 is 6.09 Å². The molecular weight excluding hydrogens is 320 g/mol. The zero-order chi connectivity index (χ0) is 18.2. The number of anilines is 1. The molecule has 6 heteroatoms. The predicted octanol–water partition coefficient (Wildman–Crippen LogP) is 2.29. The maximum Gasteiger partial charge on any atom is 0.407 e. The van der Waals surface area contributed by atoms with Crippen LogP contribution in [0.2, 0.25) is 0 Å². The maximum absolute atomic E-state index is 11.6. The van der Waals surface area contributed by atoms with Crippen LogP contribution in [0, 0.1) is 6.92 Å². The number of amides is 1. The second-order valence-electron chi connectivity index (χ2n) is 5.91.